The van der Waals surface area contributed by atoms with E-state index >= 15 is 0 Å². The Morgan fingerprint density at radius 3 is 2.70 bits per heavy atom. The Labute approximate surface area is 128 Å². The van der Waals surface area contributed by atoms with Gasteiger partial charge in [0.1, 0.15) is 5.82 Å². The Morgan fingerprint density at radius 1 is 1.15 bits per heavy atom. The van der Waals surface area contributed by atoms with Gasteiger partial charge in [-0.25, -0.2) is 4.98 Å². The molecule has 0 bridgehead atoms. The van der Waals surface area contributed by atoms with Crippen LogP contribution in [0, 0.1) is 0 Å². The average molecular weight is 311 g/mol. The summed E-state index contributed by atoms with van der Waals surface area (Å²) in [6, 6.07) is 5.60. The van der Waals surface area contributed by atoms with E-state index in [1.807, 2.05) is 18.3 Å². The molecule has 0 unspecified atom stereocenters. The van der Waals surface area contributed by atoms with Gasteiger partial charge in [0.25, 0.3) is 0 Å². The summed E-state index contributed by atoms with van der Waals surface area (Å²) < 4.78 is 0. The lowest BCUT2D eigenvalue weighted by molar-refractivity contribution is 0.228. The van der Waals surface area contributed by atoms with Crippen LogP contribution in [0.4, 0.5) is 0 Å². The zero-order valence-corrected chi connectivity index (χ0v) is 12.5. The highest BCUT2D eigenvalue weighted by molar-refractivity contribution is 6.42. The molecule has 2 N–H and O–H groups in total. The van der Waals surface area contributed by atoms with Gasteiger partial charge in [0.2, 0.25) is 0 Å². The molecule has 1 aliphatic rings. The summed E-state index contributed by atoms with van der Waals surface area (Å²) in [6.07, 6.45) is 1.84. The van der Waals surface area contributed by atoms with Crippen molar-refractivity contribution in [3.63, 3.8) is 0 Å². The lowest BCUT2D eigenvalue weighted by Gasteiger charge is -2.26. The van der Waals surface area contributed by atoms with E-state index in [1.54, 1.807) is 6.07 Å². The summed E-state index contributed by atoms with van der Waals surface area (Å²) >= 11 is 12.0. The predicted molar refractivity (Wildman–Crippen MR) is 82.2 cm³/mol. The maximum atomic E-state index is 6.04. The third-order valence-electron chi connectivity index (χ3n) is 3.44. The van der Waals surface area contributed by atoms with Gasteiger partial charge in [-0.3, -0.25) is 4.90 Å². The molecule has 0 saturated carbocycles. The van der Waals surface area contributed by atoms with Crippen LogP contribution in [0.15, 0.2) is 24.4 Å². The van der Waals surface area contributed by atoms with Crippen LogP contribution in [0.5, 0.6) is 0 Å². The summed E-state index contributed by atoms with van der Waals surface area (Å²) in [7, 11) is 0. The Bertz CT molecular complexity index is 591. The van der Waals surface area contributed by atoms with Crippen LogP contribution in [0.2, 0.25) is 10.0 Å². The molecule has 1 aliphatic heterocycles. The van der Waals surface area contributed by atoms with E-state index in [0.29, 0.717) is 10.0 Å². The zero-order chi connectivity index (χ0) is 13.9. The molecular formula is C14H16Cl2N4. The van der Waals surface area contributed by atoms with Gasteiger partial charge in [0.05, 0.1) is 28.5 Å². The van der Waals surface area contributed by atoms with Crippen molar-refractivity contribution in [1.82, 2.24) is 20.2 Å². The Hall–Kier alpha value is -1.07. The van der Waals surface area contributed by atoms with Gasteiger partial charge in [-0.1, -0.05) is 29.3 Å². The third kappa shape index (κ3) is 3.15. The van der Waals surface area contributed by atoms with Crippen molar-refractivity contribution in [3.05, 3.63) is 40.3 Å². The Balaban J connectivity index is 1.73. The van der Waals surface area contributed by atoms with E-state index in [9.17, 15) is 0 Å². The molecule has 20 heavy (non-hydrogen) atoms. The second kappa shape index (κ2) is 6.14. The van der Waals surface area contributed by atoms with Gasteiger partial charge in [-0.05, 0) is 12.1 Å². The number of H-pyrrole nitrogens is 1. The number of imidazole rings is 1. The van der Waals surface area contributed by atoms with Crippen LogP contribution in [-0.4, -0.2) is 41.0 Å². The predicted octanol–water partition coefficient (Wildman–Crippen LogP) is 2.79. The monoisotopic (exact) mass is 310 g/mol. The number of benzene rings is 1. The Morgan fingerprint density at radius 2 is 1.95 bits per heavy atom. The molecule has 0 aliphatic carbocycles. The minimum Gasteiger partial charge on any atom is -0.341 e. The molecule has 4 nitrogen and oxygen atoms in total. The number of aromatic nitrogens is 2. The molecule has 1 saturated heterocycles. The molecule has 6 heteroatoms. The molecule has 0 spiro atoms. The lowest BCUT2D eigenvalue weighted by atomic mass is 10.2. The van der Waals surface area contributed by atoms with E-state index < -0.39 is 0 Å². The Kier molecular flexibility index (Phi) is 4.27. The summed E-state index contributed by atoms with van der Waals surface area (Å²) in [5.41, 5.74) is 1.96. The molecule has 2 aromatic rings. The molecule has 2 heterocycles. The zero-order valence-electron chi connectivity index (χ0n) is 11.0. The topological polar surface area (TPSA) is 44.0 Å². The molecule has 0 radical (unpaired) electrons. The first-order valence-corrected chi connectivity index (χ1v) is 7.40. The first-order valence-electron chi connectivity index (χ1n) is 6.65. The van der Waals surface area contributed by atoms with Crippen LogP contribution in [-0.2, 0) is 6.54 Å². The summed E-state index contributed by atoms with van der Waals surface area (Å²) in [5, 5.41) is 4.47. The normalized spacial score (nSPS) is 16.5. The van der Waals surface area contributed by atoms with Gasteiger partial charge in [-0.2, -0.15) is 0 Å². The van der Waals surface area contributed by atoms with Crippen molar-refractivity contribution in [2.24, 2.45) is 0 Å². The quantitative estimate of drug-likeness (QED) is 0.916. The van der Waals surface area contributed by atoms with Crippen LogP contribution in [0.25, 0.3) is 11.3 Å². The van der Waals surface area contributed by atoms with Gasteiger partial charge in [0, 0.05) is 31.7 Å². The van der Waals surface area contributed by atoms with Gasteiger partial charge in [-0.15, -0.1) is 0 Å². The van der Waals surface area contributed by atoms with Gasteiger partial charge in [0.15, 0.2) is 0 Å². The highest BCUT2D eigenvalue weighted by atomic mass is 35.5. The van der Waals surface area contributed by atoms with Crippen LogP contribution < -0.4 is 5.32 Å². The highest BCUT2D eigenvalue weighted by Gasteiger charge is 2.12. The van der Waals surface area contributed by atoms with E-state index in [4.69, 9.17) is 23.2 Å². The fraction of sp³-hybridized carbons (Fsp3) is 0.357. The fourth-order valence-corrected chi connectivity index (χ4v) is 2.63. The molecule has 1 aromatic carbocycles. The number of piperazine rings is 1. The maximum absolute atomic E-state index is 6.04. The third-order valence-corrected chi connectivity index (χ3v) is 4.18. The minimum atomic E-state index is 0.558. The van der Waals surface area contributed by atoms with Crippen LogP contribution in [0.3, 0.4) is 0 Å². The van der Waals surface area contributed by atoms with Crippen molar-refractivity contribution >= 4 is 23.2 Å². The molecule has 1 aromatic heterocycles. The summed E-state index contributed by atoms with van der Waals surface area (Å²) in [4.78, 5) is 10.2. The molecular weight excluding hydrogens is 295 g/mol. The second-order valence-electron chi connectivity index (χ2n) is 4.90. The summed E-state index contributed by atoms with van der Waals surface area (Å²) in [5.74, 6) is 0.980. The SMILES string of the molecule is Clc1ccc(-c2cnc(CN3CCNCC3)[nH]2)cc1Cl. The fourth-order valence-electron chi connectivity index (χ4n) is 2.33. The number of rotatable bonds is 3. The molecule has 1 fully saturated rings. The van der Waals surface area contributed by atoms with Crippen molar-refractivity contribution in [2.45, 2.75) is 6.54 Å². The first kappa shape index (κ1) is 13.9. The molecule has 0 atom stereocenters. The summed E-state index contributed by atoms with van der Waals surface area (Å²) in [6.45, 7) is 5.05. The highest BCUT2D eigenvalue weighted by Crippen LogP contribution is 2.27. The van der Waals surface area contributed by atoms with Crippen molar-refractivity contribution < 1.29 is 0 Å². The van der Waals surface area contributed by atoms with E-state index in [0.717, 1.165) is 49.8 Å². The van der Waals surface area contributed by atoms with Crippen LogP contribution in [0.1, 0.15) is 5.82 Å². The standard InChI is InChI=1S/C14H16Cl2N4/c15-11-2-1-10(7-12(11)16)13-8-18-14(19-13)9-20-5-3-17-4-6-20/h1-2,7-8,17H,3-6,9H2,(H,18,19). The smallest absolute Gasteiger partial charge is 0.120 e. The van der Waals surface area contributed by atoms with Crippen molar-refractivity contribution in [2.75, 3.05) is 26.2 Å². The minimum absolute atomic E-state index is 0.558. The molecule has 3 rings (SSSR count). The van der Waals surface area contributed by atoms with E-state index in [2.05, 4.69) is 20.2 Å². The van der Waals surface area contributed by atoms with Gasteiger partial charge < -0.3 is 10.3 Å². The van der Waals surface area contributed by atoms with E-state index in [-0.39, 0.29) is 0 Å². The second-order valence-corrected chi connectivity index (χ2v) is 5.71. The number of halogens is 2. The number of nitrogens with one attached hydrogen (secondary N) is 2. The van der Waals surface area contributed by atoms with E-state index in [1.165, 1.54) is 0 Å². The first-order chi connectivity index (χ1) is 9.72. The van der Waals surface area contributed by atoms with Crippen molar-refractivity contribution in [3.8, 4) is 11.3 Å². The average Bonchev–Trinajstić information content (AvgIpc) is 2.91. The van der Waals surface area contributed by atoms with Gasteiger partial charge >= 0.3 is 0 Å². The largest absolute Gasteiger partial charge is 0.341 e. The number of hydrogen-bond donors (Lipinski definition) is 2. The molecule has 106 valence electrons. The van der Waals surface area contributed by atoms with Crippen molar-refractivity contribution in [1.29, 1.82) is 0 Å². The number of nitrogens with zero attached hydrogens (tertiary/aromatic N) is 2. The number of aromatic amines is 1. The molecule has 0 amide bonds. The van der Waals surface area contributed by atoms with Crippen LogP contribution >= 0.6 is 23.2 Å². The maximum Gasteiger partial charge on any atom is 0.120 e. The lowest BCUT2D eigenvalue weighted by Crippen LogP contribution is -2.43. The number of hydrogen-bond acceptors (Lipinski definition) is 3.